The molecule has 1 atom stereocenters. The van der Waals surface area contributed by atoms with Crippen molar-refractivity contribution >= 4 is 23.7 Å². The summed E-state index contributed by atoms with van der Waals surface area (Å²) in [4.78, 5) is 25.8. The van der Waals surface area contributed by atoms with Gasteiger partial charge in [-0.2, -0.15) is 0 Å². The Kier molecular flexibility index (Phi) is 5.13. The number of furan rings is 1. The van der Waals surface area contributed by atoms with Gasteiger partial charge < -0.3 is 20.0 Å². The maximum atomic E-state index is 12.8. The zero-order valence-corrected chi connectivity index (χ0v) is 13.4. The van der Waals surface area contributed by atoms with Gasteiger partial charge in [-0.15, -0.1) is 0 Å². The van der Waals surface area contributed by atoms with Gasteiger partial charge in [0.25, 0.3) is 0 Å². The molecule has 3 rings (SSSR count). The lowest BCUT2D eigenvalue weighted by atomic mass is 10.3. The fourth-order valence-corrected chi connectivity index (χ4v) is 2.61. The highest BCUT2D eigenvalue weighted by molar-refractivity contribution is 5.92. The number of carbonyl (C=O) groups is 2. The van der Waals surface area contributed by atoms with E-state index >= 15 is 0 Å². The summed E-state index contributed by atoms with van der Waals surface area (Å²) in [6.07, 6.45) is 5.29. The van der Waals surface area contributed by atoms with E-state index in [-0.39, 0.29) is 23.8 Å². The second-order valence-electron chi connectivity index (χ2n) is 5.72. The molecule has 3 amide bonds. The number of hydrogen-bond donors (Lipinski definition) is 2. The number of halogens is 1. The first-order valence-corrected chi connectivity index (χ1v) is 7.94. The molecule has 0 bridgehead atoms. The van der Waals surface area contributed by atoms with E-state index in [2.05, 4.69) is 10.6 Å². The van der Waals surface area contributed by atoms with Gasteiger partial charge in [0.2, 0.25) is 5.91 Å². The average Bonchev–Trinajstić information content (AvgIpc) is 3.26. The van der Waals surface area contributed by atoms with Crippen LogP contribution in [0.3, 0.4) is 0 Å². The number of nitrogens with zero attached hydrogens (tertiary/aromatic N) is 1. The summed E-state index contributed by atoms with van der Waals surface area (Å²) in [6, 6.07) is 8.53. The molecule has 1 aliphatic rings. The second kappa shape index (κ2) is 7.65. The normalized spacial score (nSPS) is 17.0. The summed E-state index contributed by atoms with van der Waals surface area (Å²) in [6.45, 7) is 1.01. The minimum Gasteiger partial charge on any atom is -0.465 e. The highest BCUT2D eigenvalue weighted by atomic mass is 19.1. The maximum Gasteiger partial charge on any atom is 0.319 e. The van der Waals surface area contributed by atoms with E-state index in [0.29, 0.717) is 31.0 Å². The summed E-state index contributed by atoms with van der Waals surface area (Å²) in [5, 5.41) is 5.45. The molecule has 2 heterocycles. The van der Waals surface area contributed by atoms with Gasteiger partial charge in [0.15, 0.2) is 0 Å². The van der Waals surface area contributed by atoms with Crippen molar-refractivity contribution in [3.63, 3.8) is 0 Å². The van der Waals surface area contributed by atoms with Gasteiger partial charge in [-0.1, -0.05) is 0 Å². The number of likely N-dealkylation sites (tertiary alicyclic amines) is 1. The number of rotatable bonds is 4. The molecule has 1 aromatic heterocycles. The summed E-state index contributed by atoms with van der Waals surface area (Å²) in [5.74, 6) is 0.124. The molecule has 0 radical (unpaired) electrons. The standard InChI is InChI=1S/C18H18FN3O3/c19-13-3-5-14(6-4-13)20-18(24)21-15-9-10-22(12-15)17(23)8-7-16-2-1-11-25-16/h1-8,11,15H,9-10,12H2,(H2,20,21,24)/b8-7+/t15-/m0/s1. The van der Waals surface area contributed by atoms with Crippen molar-refractivity contribution in [1.29, 1.82) is 0 Å². The number of carbonyl (C=O) groups excluding carboxylic acids is 2. The lowest BCUT2D eigenvalue weighted by Crippen LogP contribution is -2.40. The molecule has 2 aromatic rings. The van der Waals surface area contributed by atoms with E-state index in [1.165, 1.54) is 30.3 Å². The van der Waals surface area contributed by atoms with Crippen LogP contribution in [0.25, 0.3) is 6.08 Å². The number of anilines is 1. The van der Waals surface area contributed by atoms with Crippen molar-refractivity contribution < 1.29 is 18.4 Å². The third-order valence-electron chi connectivity index (χ3n) is 3.87. The topological polar surface area (TPSA) is 74.6 Å². The van der Waals surface area contributed by atoms with Crippen LogP contribution in [0.1, 0.15) is 12.2 Å². The number of hydrogen-bond acceptors (Lipinski definition) is 3. The van der Waals surface area contributed by atoms with E-state index in [9.17, 15) is 14.0 Å². The molecule has 130 valence electrons. The number of benzene rings is 1. The molecule has 7 heteroatoms. The molecule has 2 N–H and O–H groups in total. The number of urea groups is 1. The van der Waals surface area contributed by atoms with Crippen LogP contribution in [0.15, 0.2) is 53.2 Å². The maximum absolute atomic E-state index is 12.8. The van der Waals surface area contributed by atoms with Crippen LogP contribution >= 0.6 is 0 Å². The van der Waals surface area contributed by atoms with Crippen molar-refractivity contribution in [2.75, 3.05) is 18.4 Å². The van der Waals surface area contributed by atoms with E-state index in [4.69, 9.17) is 4.42 Å². The fraction of sp³-hybridized carbons (Fsp3) is 0.222. The molecule has 0 saturated carbocycles. The SMILES string of the molecule is O=C(Nc1ccc(F)cc1)N[C@H]1CCN(C(=O)/C=C/c2ccco2)C1. The molecule has 6 nitrogen and oxygen atoms in total. The molecule has 0 spiro atoms. The van der Waals surface area contributed by atoms with Crippen LogP contribution in [0.4, 0.5) is 14.9 Å². The van der Waals surface area contributed by atoms with Crippen LogP contribution in [0.5, 0.6) is 0 Å². The van der Waals surface area contributed by atoms with Crippen LogP contribution in [-0.4, -0.2) is 36.0 Å². The summed E-state index contributed by atoms with van der Waals surface area (Å²) < 4.78 is 18.0. The van der Waals surface area contributed by atoms with E-state index in [0.717, 1.165) is 0 Å². The Hall–Kier alpha value is -3.09. The Balaban J connectivity index is 1.46. The molecular weight excluding hydrogens is 325 g/mol. The molecule has 25 heavy (non-hydrogen) atoms. The predicted molar refractivity (Wildman–Crippen MR) is 91.3 cm³/mol. The Bertz CT molecular complexity index is 756. The predicted octanol–water partition coefficient (Wildman–Crippen LogP) is 2.85. The molecule has 0 unspecified atom stereocenters. The Morgan fingerprint density at radius 1 is 1.24 bits per heavy atom. The van der Waals surface area contributed by atoms with Gasteiger partial charge in [-0.3, -0.25) is 4.79 Å². The molecular formula is C18H18FN3O3. The summed E-state index contributed by atoms with van der Waals surface area (Å²) >= 11 is 0. The van der Waals surface area contributed by atoms with Gasteiger partial charge in [-0.25, -0.2) is 9.18 Å². The number of nitrogens with one attached hydrogen (secondary N) is 2. The zero-order valence-electron chi connectivity index (χ0n) is 13.4. The van der Waals surface area contributed by atoms with E-state index in [1.54, 1.807) is 29.4 Å². The van der Waals surface area contributed by atoms with Crippen LogP contribution in [-0.2, 0) is 4.79 Å². The molecule has 1 aromatic carbocycles. The Morgan fingerprint density at radius 3 is 2.76 bits per heavy atom. The minimum absolute atomic E-state index is 0.124. The van der Waals surface area contributed by atoms with Crippen molar-refractivity contribution in [2.45, 2.75) is 12.5 Å². The van der Waals surface area contributed by atoms with Gasteiger partial charge in [0.05, 0.1) is 6.26 Å². The van der Waals surface area contributed by atoms with E-state index in [1.807, 2.05) is 0 Å². The van der Waals surface area contributed by atoms with Crippen LogP contribution < -0.4 is 10.6 Å². The van der Waals surface area contributed by atoms with Gasteiger partial charge in [0, 0.05) is 30.9 Å². The average molecular weight is 343 g/mol. The van der Waals surface area contributed by atoms with Crippen LogP contribution in [0, 0.1) is 5.82 Å². The Morgan fingerprint density at radius 2 is 2.04 bits per heavy atom. The lowest BCUT2D eigenvalue weighted by Gasteiger charge is -2.16. The van der Waals surface area contributed by atoms with Gasteiger partial charge >= 0.3 is 6.03 Å². The summed E-state index contributed by atoms with van der Waals surface area (Å²) in [5.41, 5.74) is 0.506. The van der Waals surface area contributed by atoms with E-state index < -0.39 is 0 Å². The van der Waals surface area contributed by atoms with Crippen molar-refractivity contribution in [2.24, 2.45) is 0 Å². The number of amides is 3. The lowest BCUT2D eigenvalue weighted by molar-refractivity contribution is -0.125. The van der Waals surface area contributed by atoms with Crippen molar-refractivity contribution in [3.8, 4) is 0 Å². The first-order valence-electron chi connectivity index (χ1n) is 7.94. The Labute approximate surface area is 144 Å². The molecule has 1 aliphatic heterocycles. The van der Waals surface area contributed by atoms with Gasteiger partial charge in [-0.05, 0) is 48.9 Å². The molecule has 1 fully saturated rings. The largest absolute Gasteiger partial charge is 0.465 e. The first-order chi connectivity index (χ1) is 12.1. The molecule has 1 saturated heterocycles. The zero-order chi connectivity index (χ0) is 17.6. The summed E-state index contributed by atoms with van der Waals surface area (Å²) in [7, 11) is 0. The smallest absolute Gasteiger partial charge is 0.319 e. The first kappa shape index (κ1) is 16.8. The quantitative estimate of drug-likeness (QED) is 0.838. The highest BCUT2D eigenvalue weighted by Crippen LogP contribution is 2.12. The highest BCUT2D eigenvalue weighted by Gasteiger charge is 2.26. The fourth-order valence-electron chi connectivity index (χ4n) is 2.61. The third-order valence-corrected chi connectivity index (χ3v) is 3.87. The molecule has 0 aliphatic carbocycles. The third kappa shape index (κ3) is 4.69. The van der Waals surface area contributed by atoms with Crippen molar-refractivity contribution in [3.05, 3.63) is 60.3 Å². The van der Waals surface area contributed by atoms with Crippen molar-refractivity contribution in [1.82, 2.24) is 10.2 Å². The minimum atomic E-state index is -0.378. The van der Waals surface area contributed by atoms with Crippen LogP contribution in [0.2, 0.25) is 0 Å². The monoisotopic (exact) mass is 343 g/mol. The van der Waals surface area contributed by atoms with Gasteiger partial charge in [0.1, 0.15) is 11.6 Å². The second-order valence-corrected chi connectivity index (χ2v) is 5.72.